The number of piperidine rings is 1. The molecule has 2 aliphatic rings. The van der Waals surface area contributed by atoms with Crippen molar-refractivity contribution in [2.75, 3.05) is 38.0 Å². The van der Waals surface area contributed by atoms with Gasteiger partial charge < -0.3 is 20.9 Å². The molecule has 0 bridgehead atoms. The number of primary amides is 1. The van der Waals surface area contributed by atoms with Crippen molar-refractivity contribution in [3.05, 3.63) is 53.8 Å². The van der Waals surface area contributed by atoms with Crippen LogP contribution in [0.1, 0.15) is 49.9 Å². The second-order valence-electron chi connectivity index (χ2n) is 10.7. The van der Waals surface area contributed by atoms with Crippen molar-refractivity contribution in [3.8, 4) is 11.1 Å². The maximum absolute atomic E-state index is 14.9. The lowest BCUT2D eigenvalue weighted by atomic mass is 9.95. The van der Waals surface area contributed by atoms with Crippen LogP contribution in [0.5, 0.6) is 0 Å². The maximum Gasteiger partial charge on any atom is 0.257 e. The number of amides is 2. The number of halogens is 2. The quantitative estimate of drug-likeness (QED) is 0.564. The van der Waals surface area contributed by atoms with Gasteiger partial charge in [-0.05, 0) is 93.9 Å². The zero-order valence-electron chi connectivity index (χ0n) is 21.1. The van der Waals surface area contributed by atoms with E-state index >= 15 is 0 Å². The minimum absolute atomic E-state index is 0.0497. The molecule has 0 radical (unpaired) electrons. The third-order valence-electron chi connectivity index (χ3n) is 7.16. The van der Waals surface area contributed by atoms with Crippen LogP contribution in [0.25, 0.3) is 11.1 Å². The number of anilines is 1. The molecule has 2 saturated heterocycles. The van der Waals surface area contributed by atoms with Crippen LogP contribution in [0.3, 0.4) is 0 Å². The SMILES string of the molecule is CC(C)(F)CN1CCC(CNc2ccc(-c3ccc(C(=O)N4CCCC4C(N)=O)c(F)c3)cc2)CC1. The number of likely N-dealkylation sites (tertiary alicyclic amines) is 2. The smallest absolute Gasteiger partial charge is 0.257 e. The second kappa shape index (κ2) is 10.9. The first-order valence-electron chi connectivity index (χ1n) is 12.8. The monoisotopic (exact) mass is 498 g/mol. The molecule has 2 fully saturated rings. The molecule has 4 rings (SSSR count). The highest BCUT2D eigenvalue weighted by Crippen LogP contribution is 2.27. The van der Waals surface area contributed by atoms with Crippen molar-refractivity contribution in [3.63, 3.8) is 0 Å². The van der Waals surface area contributed by atoms with Crippen LogP contribution in [0.15, 0.2) is 42.5 Å². The molecule has 0 aromatic heterocycles. The molecule has 0 saturated carbocycles. The molecule has 8 heteroatoms. The number of nitrogens with two attached hydrogens (primary N) is 1. The lowest BCUT2D eigenvalue weighted by molar-refractivity contribution is -0.121. The maximum atomic E-state index is 14.9. The summed E-state index contributed by atoms with van der Waals surface area (Å²) >= 11 is 0. The molecule has 2 heterocycles. The molecule has 2 amide bonds. The van der Waals surface area contributed by atoms with Crippen LogP contribution in [0.4, 0.5) is 14.5 Å². The molecule has 36 heavy (non-hydrogen) atoms. The van der Waals surface area contributed by atoms with Crippen LogP contribution in [-0.4, -0.2) is 66.0 Å². The van der Waals surface area contributed by atoms with Crippen LogP contribution in [0.2, 0.25) is 0 Å². The summed E-state index contributed by atoms with van der Waals surface area (Å²) in [7, 11) is 0. The number of carbonyl (C=O) groups excluding carboxylic acids is 2. The Balaban J connectivity index is 1.32. The highest BCUT2D eigenvalue weighted by atomic mass is 19.1. The number of nitrogens with one attached hydrogen (secondary N) is 1. The van der Waals surface area contributed by atoms with E-state index in [9.17, 15) is 18.4 Å². The van der Waals surface area contributed by atoms with Gasteiger partial charge in [0, 0.05) is 25.3 Å². The normalized spacial score (nSPS) is 19.4. The van der Waals surface area contributed by atoms with Crippen molar-refractivity contribution in [1.82, 2.24) is 9.80 Å². The van der Waals surface area contributed by atoms with Gasteiger partial charge in [0.25, 0.3) is 5.91 Å². The fourth-order valence-corrected chi connectivity index (χ4v) is 5.25. The molecule has 1 atom stereocenters. The van der Waals surface area contributed by atoms with Crippen molar-refractivity contribution in [1.29, 1.82) is 0 Å². The molecule has 2 aromatic rings. The average molecular weight is 499 g/mol. The number of rotatable bonds is 8. The molecule has 2 aromatic carbocycles. The predicted octanol–water partition coefficient (Wildman–Crippen LogP) is 4.45. The van der Waals surface area contributed by atoms with Gasteiger partial charge in [0.1, 0.15) is 17.5 Å². The predicted molar refractivity (Wildman–Crippen MR) is 138 cm³/mol. The minimum Gasteiger partial charge on any atom is -0.385 e. The van der Waals surface area contributed by atoms with E-state index in [1.807, 2.05) is 24.3 Å². The lowest BCUT2D eigenvalue weighted by Gasteiger charge is -2.34. The van der Waals surface area contributed by atoms with E-state index < -0.39 is 29.3 Å². The summed E-state index contributed by atoms with van der Waals surface area (Å²) in [4.78, 5) is 28.0. The molecule has 194 valence electrons. The molecule has 2 aliphatic heterocycles. The summed E-state index contributed by atoms with van der Waals surface area (Å²) in [6, 6.07) is 11.7. The van der Waals surface area contributed by atoms with Crippen molar-refractivity contribution < 1.29 is 18.4 Å². The molecular weight excluding hydrogens is 462 g/mol. The van der Waals surface area contributed by atoms with E-state index in [2.05, 4.69) is 10.2 Å². The van der Waals surface area contributed by atoms with E-state index in [1.54, 1.807) is 19.9 Å². The van der Waals surface area contributed by atoms with E-state index in [1.165, 1.54) is 17.0 Å². The van der Waals surface area contributed by atoms with Gasteiger partial charge in [-0.15, -0.1) is 0 Å². The summed E-state index contributed by atoms with van der Waals surface area (Å²) in [6.45, 7) is 6.84. The fraction of sp³-hybridized carbons (Fsp3) is 0.500. The largest absolute Gasteiger partial charge is 0.385 e. The van der Waals surface area contributed by atoms with Gasteiger partial charge in [-0.1, -0.05) is 18.2 Å². The Labute approximate surface area is 211 Å². The second-order valence-corrected chi connectivity index (χ2v) is 10.7. The lowest BCUT2D eigenvalue weighted by Crippen LogP contribution is -2.43. The standard InChI is InChI=1S/C28H36F2N4O2/c1-28(2,30)18-33-14-11-19(12-15-33)17-32-22-8-5-20(6-9-22)21-7-10-23(24(29)16-21)27(36)34-13-3-4-25(34)26(31)35/h5-10,16,19,25,32H,3-4,11-15,17-18H2,1-2H3,(H2,31,35). The van der Waals surface area contributed by atoms with Crippen molar-refractivity contribution >= 4 is 17.5 Å². The highest BCUT2D eigenvalue weighted by Gasteiger charge is 2.34. The van der Waals surface area contributed by atoms with E-state index in [0.29, 0.717) is 37.4 Å². The van der Waals surface area contributed by atoms with Crippen molar-refractivity contribution in [2.45, 2.75) is 51.2 Å². The summed E-state index contributed by atoms with van der Waals surface area (Å²) < 4.78 is 28.8. The number of alkyl halides is 1. The van der Waals surface area contributed by atoms with Crippen LogP contribution in [-0.2, 0) is 4.79 Å². The number of benzene rings is 2. The number of nitrogens with zero attached hydrogens (tertiary/aromatic N) is 2. The first-order valence-corrected chi connectivity index (χ1v) is 12.8. The molecule has 6 nitrogen and oxygen atoms in total. The summed E-state index contributed by atoms with van der Waals surface area (Å²) in [5.74, 6) is -1.12. The third kappa shape index (κ3) is 6.40. The van der Waals surface area contributed by atoms with Gasteiger partial charge in [0.15, 0.2) is 0 Å². The van der Waals surface area contributed by atoms with Gasteiger partial charge in [-0.2, -0.15) is 0 Å². The Morgan fingerprint density at radius 3 is 2.31 bits per heavy atom. The van der Waals surface area contributed by atoms with E-state index in [-0.39, 0.29) is 5.56 Å². The Hall–Kier alpha value is -3.00. The number of hydrogen-bond acceptors (Lipinski definition) is 4. The van der Waals surface area contributed by atoms with Crippen molar-refractivity contribution in [2.24, 2.45) is 11.7 Å². The van der Waals surface area contributed by atoms with Gasteiger partial charge >= 0.3 is 0 Å². The average Bonchev–Trinajstić information content (AvgIpc) is 3.33. The van der Waals surface area contributed by atoms with Gasteiger partial charge in [-0.3, -0.25) is 9.59 Å². The van der Waals surface area contributed by atoms with E-state index in [0.717, 1.165) is 43.7 Å². The Morgan fingerprint density at radius 1 is 1.03 bits per heavy atom. The van der Waals surface area contributed by atoms with Crippen LogP contribution in [0, 0.1) is 11.7 Å². The van der Waals surface area contributed by atoms with Gasteiger partial charge in [-0.25, -0.2) is 8.78 Å². The van der Waals surface area contributed by atoms with Crippen LogP contribution < -0.4 is 11.1 Å². The number of carbonyl (C=O) groups is 2. The summed E-state index contributed by atoms with van der Waals surface area (Å²) in [5.41, 5.74) is 6.70. The van der Waals surface area contributed by atoms with Crippen LogP contribution >= 0.6 is 0 Å². The number of hydrogen-bond donors (Lipinski definition) is 2. The molecular formula is C28H36F2N4O2. The zero-order valence-corrected chi connectivity index (χ0v) is 21.1. The molecule has 0 spiro atoms. The zero-order chi connectivity index (χ0) is 25.9. The Kier molecular flexibility index (Phi) is 7.93. The first-order chi connectivity index (χ1) is 17.1. The Bertz CT molecular complexity index is 1080. The third-order valence-corrected chi connectivity index (χ3v) is 7.16. The minimum atomic E-state index is -1.16. The fourth-order valence-electron chi connectivity index (χ4n) is 5.25. The van der Waals surface area contributed by atoms with Gasteiger partial charge in [0.2, 0.25) is 5.91 Å². The summed E-state index contributed by atoms with van der Waals surface area (Å²) in [6.07, 6.45) is 3.28. The first kappa shape index (κ1) is 26.1. The van der Waals surface area contributed by atoms with Gasteiger partial charge in [0.05, 0.1) is 5.56 Å². The Morgan fingerprint density at radius 2 is 1.69 bits per heavy atom. The summed E-state index contributed by atoms with van der Waals surface area (Å²) in [5, 5.41) is 3.48. The molecule has 0 aliphatic carbocycles. The van der Waals surface area contributed by atoms with E-state index in [4.69, 9.17) is 5.73 Å². The highest BCUT2D eigenvalue weighted by molar-refractivity contribution is 5.98. The topological polar surface area (TPSA) is 78.7 Å². The molecule has 1 unspecified atom stereocenters. The molecule has 3 N–H and O–H groups in total.